The Hall–Kier alpha value is -2.97. The van der Waals surface area contributed by atoms with Gasteiger partial charge in [0.15, 0.2) is 0 Å². The molecule has 148 valence electrons. The number of piperazine rings is 1. The number of thiophene rings is 1. The average molecular weight is 407 g/mol. The van der Waals surface area contributed by atoms with Crippen LogP contribution in [0, 0.1) is 6.92 Å². The lowest BCUT2D eigenvalue weighted by atomic mass is 10.1. The zero-order valence-electron chi connectivity index (χ0n) is 16.3. The second-order valence-corrected chi connectivity index (χ2v) is 8.15. The van der Waals surface area contributed by atoms with Crippen LogP contribution in [0.5, 0.6) is 0 Å². The third-order valence-corrected chi connectivity index (χ3v) is 6.32. The second-order valence-electron chi connectivity index (χ2n) is 7.37. The smallest absolute Gasteiger partial charge is 0.257 e. The van der Waals surface area contributed by atoms with E-state index in [1.807, 2.05) is 22.5 Å². The van der Waals surface area contributed by atoms with Crippen molar-refractivity contribution < 1.29 is 9.21 Å². The summed E-state index contributed by atoms with van der Waals surface area (Å²) in [5, 5.41) is 13.0. The van der Waals surface area contributed by atoms with Crippen molar-refractivity contribution in [2.45, 2.75) is 13.0 Å². The molecule has 0 aromatic carbocycles. The minimum atomic E-state index is -0.00981. The molecule has 29 heavy (non-hydrogen) atoms. The summed E-state index contributed by atoms with van der Waals surface area (Å²) in [6, 6.07) is 8.00. The number of hydrogen-bond donors (Lipinski definition) is 0. The van der Waals surface area contributed by atoms with E-state index in [1.165, 1.54) is 5.56 Å². The Labute approximate surface area is 172 Å². The maximum Gasteiger partial charge on any atom is 0.257 e. The molecular weight excluding hydrogens is 386 g/mol. The third kappa shape index (κ3) is 3.14. The van der Waals surface area contributed by atoms with Crippen LogP contribution in [0.2, 0.25) is 0 Å². The standard InChI is InChI=1S/C21H21N5O2S/c1-14-17(5-9-28-14)21(27)25-8-7-24(2)19(12-25)20-18-4-3-15(11-26(18)23-22-20)16-6-10-29-13-16/h3-6,9-11,13,19H,7-8,12H2,1-2H3. The van der Waals surface area contributed by atoms with Crippen LogP contribution in [-0.4, -0.2) is 57.2 Å². The second kappa shape index (κ2) is 7.13. The molecule has 0 N–H and O–H groups in total. The molecule has 0 bridgehead atoms. The molecule has 5 rings (SSSR count). The molecule has 0 radical (unpaired) electrons. The van der Waals surface area contributed by atoms with Gasteiger partial charge < -0.3 is 9.32 Å². The summed E-state index contributed by atoms with van der Waals surface area (Å²) in [6.45, 7) is 3.84. The molecule has 1 unspecified atom stereocenters. The Bertz CT molecular complexity index is 1160. The number of carbonyl (C=O) groups is 1. The molecule has 0 aliphatic carbocycles. The summed E-state index contributed by atoms with van der Waals surface area (Å²) in [5.41, 5.74) is 4.78. The normalized spacial score (nSPS) is 17.9. The molecular formula is C21H21N5O2S. The quantitative estimate of drug-likeness (QED) is 0.520. The molecule has 0 spiro atoms. The van der Waals surface area contributed by atoms with E-state index in [2.05, 4.69) is 51.2 Å². The summed E-state index contributed by atoms with van der Waals surface area (Å²) in [4.78, 5) is 17.1. The molecule has 1 atom stereocenters. The fourth-order valence-corrected chi connectivity index (χ4v) is 4.55. The predicted octanol–water partition coefficient (Wildman–Crippen LogP) is 3.49. The van der Waals surface area contributed by atoms with Crippen molar-refractivity contribution >= 4 is 22.8 Å². The lowest BCUT2D eigenvalue weighted by molar-refractivity contribution is 0.0540. The van der Waals surface area contributed by atoms with Gasteiger partial charge in [0.2, 0.25) is 0 Å². The number of nitrogens with zero attached hydrogens (tertiary/aromatic N) is 5. The van der Waals surface area contributed by atoms with Crippen LogP contribution in [0.25, 0.3) is 16.6 Å². The molecule has 5 heterocycles. The number of aromatic nitrogens is 3. The van der Waals surface area contributed by atoms with Crippen molar-refractivity contribution in [3.8, 4) is 11.1 Å². The van der Waals surface area contributed by atoms with E-state index in [4.69, 9.17) is 4.42 Å². The number of aryl methyl sites for hydroxylation is 1. The van der Waals surface area contributed by atoms with Crippen LogP contribution >= 0.6 is 11.3 Å². The molecule has 8 heteroatoms. The monoisotopic (exact) mass is 407 g/mol. The Balaban J connectivity index is 1.45. The summed E-state index contributed by atoms with van der Waals surface area (Å²) < 4.78 is 7.14. The zero-order chi connectivity index (χ0) is 20.0. The van der Waals surface area contributed by atoms with Gasteiger partial charge in [-0.05, 0) is 48.5 Å². The van der Waals surface area contributed by atoms with E-state index in [0.29, 0.717) is 24.4 Å². The number of rotatable bonds is 3. The third-order valence-electron chi connectivity index (χ3n) is 5.63. The van der Waals surface area contributed by atoms with Crippen molar-refractivity contribution in [2.24, 2.45) is 0 Å². The van der Waals surface area contributed by atoms with Gasteiger partial charge in [-0.1, -0.05) is 11.3 Å². The Kier molecular flexibility index (Phi) is 4.44. The fourth-order valence-electron chi connectivity index (χ4n) is 3.88. The first-order valence-electron chi connectivity index (χ1n) is 9.53. The number of carbonyl (C=O) groups excluding carboxylic acids is 1. The van der Waals surface area contributed by atoms with Gasteiger partial charge >= 0.3 is 0 Å². The minimum absolute atomic E-state index is 0.00516. The molecule has 1 fully saturated rings. The van der Waals surface area contributed by atoms with Crippen LogP contribution in [0.3, 0.4) is 0 Å². The van der Waals surface area contributed by atoms with Crippen molar-refractivity contribution in [2.75, 3.05) is 26.7 Å². The van der Waals surface area contributed by atoms with Gasteiger partial charge in [-0.25, -0.2) is 4.52 Å². The molecule has 7 nitrogen and oxygen atoms in total. The predicted molar refractivity (Wildman–Crippen MR) is 111 cm³/mol. The van der Waals surface area contributed by atoms with Gasteiger partial charge in [0.05, 0.1) is 23.4 Å². The van der Waals surface area contributed by atoms with Crippen LogP contribution < -0.4 is 0 Å². The number of hydrogen-bond acceptors (Lipinski definition) is 6. The van der Waals surface area contributed by atoms with E-state index >= 15 is 0 Å². The highest BCUT2D eigenvalue weighted by atomic mass is 32.1. The summed E-state index contributed by atoms with van der Waals surface area (Å²) >= 11 is 1.67. The molecule has 4 aromatic heterocycles. The van der Waals surface area contributed by atoms with E-state index in [9.17, 15) is 4.79 Å². The van der Waals surface area contributed by atoms with Crippen molar-refractivity contribution in [1.82, 2.24) is 24.6 Å². The van der Waals surface area contributed by atoms with Crippen molar-refractivity contribution in [1.29, 1.82) is 0 Å². The molecule has 4 aromatic rings. The number of likely N-dealkylation sites (N-methyl/N-ethyl adjacent to an activating group) is 1. The van der Waals surface area contributed by atoms with E-state index in [1.54, 1.807) is 23.7 Å². The number of furan rings is 1. The van der Waals surface area contributed by atoms with Crippen molar-refractivity contribution in [3.63, 3.8) is 0 Å². The Morgan fingerprint density at radius 3 is 2.86 bits per heavy atom. The van der Waals surface area contributed by atoms with E-state index in [-0.39, 0.29) is 11.9 Å². The van der Waals surface area contributed by atoms with E-state index in [0.717, 1.165) is 23.3 Å². The van der Waals surface area contributed by atoms with Crippen molar-refractivity contribution in [3.05, 3.63) is 64.5 Å². The number of fused-ring (bicyclic) bond motifs is 1. The Morgan fingerprint density at radius 1 is 1.21 bits per heavy atom. The van der Waals surface area contributed by atoms with Gasteiger partial charge in [-0.2, -0.15) is 11.3 Å². The molecule has 1 amide bonds. The number of amides is 1. The molecule has 0 saturated carbocycles. The molecule has 1 aliphatic heterocycles. The average Bonchev–Trinajstić information content (AvgIpc) is 3.48. The first-order valence-corrected chi connectivity index (χ1v) is 10.5. The van der Waals surface area contributed by atoms with Gasteiger partial charge in [-0.15, -0.1) is 5.10 Å². The van der Waals surface area contributed by atoms with E-state index < -0.39 is 0 Å². The lowest BCUT2D eigenvalue weighted by Gasteiger charge is -2.38. The fraction of sp³-hybridized carbons (Fsp3) is 0.286. The highest BCUT2D eigenvalue weighted by Crippen LogP contribution is 2.29. The van der Waals surface area contributed by atoms with Crippen LogP contribution in [0.15, 0.2) is 51.9 Å². The van der Waals surface area contributed by atoms with Gasteiger partial charge in [-0.3, -0.25) is 9.69 Å². The van der Waals surface area contributed by atoms with Gasteiger partial charge in [0.1, 0.15) is 11.5 Å². The first-order chi connectivity index (χ1) is 14.1. The minimum Gasteiger partial charge on any atom is -0.469 e. The maximum atomic E-state index is 13.0. The SMILES string of the molecule is Cc1occc1C(=O)N1CCN(C)C(c2nnn3cc(-c4ccsc4)ccc23)C1. The summed E-state index contributed by atoms with van der Waals surface area (Å²) in [6.07, 6.45) is 3.57. The highest BCUT2D eigenvalue weighted by Gasteiger charge is 2.32. The van der Waals surface area contributed by atoms with Crippen LogP contribution in [0.4, 0.5) is 0 Å². The highest BCUT2D eigenvalue weighted by molar-refractivity contribution is 7.08. The molecule has 1 aliphatic rings. The molecule has 1 saturated heterocycles. The first kappa shape index (κ1) is 18.1. The van der Waals surface area contributed by atoms with Gasteiger partial charge in [0, 0.05) is 31.4 Å². The lowest BCUT2D eigenvalue weighted by Crippen LogP contribution is -2.49. The largest absolute Gasteiger partial charge is 0.469 e. The summed E-state index contributed by atoms with van der Waals surface area (Å²) in [7, 11) is 2.07. The van der Waals surface area contributed by atoms with Gasteiger partial charge in [0.25, 0.3) is 5.91 Å². The Morgan fingerprint density at radius 2 is 2.10 bits per heavy atom. The number of pyridine rings is 1. The summed E-state index contributed by atoms with van der Waals surface area (Å²) in [5.74, 6) is 0.658. The maximum absolute atomic E-state index is 13.0. The zero-order valence-corrected chi connectivity index (χ0v) is 17.1. The van der Waals surface area contributed by atoms with Crippen LogP contribution in [0.1, 0.15) is 27.9 Å². The topological polar surface area (TPSA) is 66.9 Å². The van der Waals surface area contributed by atoms with Crippen LogP contribution in [-0.2, 0) is 0 Å².